The van der Waals surface area contributed by atoms with E-state index in [0.717, 1.165) is 12.8 Å². The molecular weight excluding hydrogens is 248 g/mol. The number of rotatable bonds is 4. The summed E-state index contributed by atoms with van der Waals surface area (Å²) in [4.78, 5) is 11.9. The normalized spacial score (nSPS) is 26.3. The van der Waals surface area contributed by atoms with E-state index < -0.39 is 9.84 Å². The number of sulfone groups is 1. The molecule has 1 saturated carbocycles. The van der Waals surface area contributed by atoms with E-state index in [4.69, 9.17) is 0 Å². The first kappa shape index (κ1) is 15.7. The third-order valence-electron chi connectivity index (χ3n) is 4.21. The van der Waals surface area contributed by atoms with Gasteiger partial charge in [0.2, 0.25) is 0 Å². The second kappa shape index (κ2) is 5.72. The molecule has 18 heavy (non-hydrogen) atoms. The molecule has 106 valence electrons. The van der Waals surface area contributed by atoms with E-state index in [1.54, 1.807) is 6.92 Å². The van der Waals surface area contributed by atoms with Gasteiger partial charge in [0.25, 0.3) is 0 Å². The Balaban J connectivity index is 2.61. The first-order valence-electron chi connectivity index (χ1n) is 6.89. The predicted octanol–water partition coefficient (Wildman–Crippen LogP) is 2.84. The summed E-state index contributed by atoms with van der Waals surface area (Å²) in [7, 11) is -2.95. The molecule has 1 aliphatic rings. The van der Waals surface area contributed by atoms with Gasteiger partial charge in [-0.25, -0.2) is 8.42 Å². The maximum Gasteiger partial charge on any atom is 0.150 e. The van der Waals surface area contributed by atoms with Gasteiger partial charge in [-0.1, -0.05) is 27.7 Å². The highest BCUT2D eigenvalue weighted by Gasteiger charge is 2.35. The maximum absolute atomic E-state index is 11.9. The molecule has 2 atom stereocenters. The fourth-order valence-corrected chi connectivity index (χ4v) is 3.58. The second-order valence-corrected chi connectivity index (χ2v) is 9.00. The Kier molecular flexibility index (Phi) is 4.98. The van der Waals surface area contributed by atoms with E-state index in [1.807, 2.05) is 0 Å². The Bertz CT molecular complexity index is 390. The van der Waals surface area contributed by atoms with Gasteiger partial charge in [-0.05, 0) is 30.6 Å². The minimum atomic E-state index is -2.95. The molecule has 0 bridgehead atoms. The van der Waals surface area contributed by atoms with Crippen molar-refractivity contribution in [2.75, 3.05) is 11.5 Å². The Hall–Kier alpha value is -0.380. The number of ketones is 1. The van der Waals surface area contributed by atoms with Crippen molar-refractivity contribution in [1.82, 2.24) is 0 Å². The molecule has 1 aliphatic carbocycles. The van der Waals surface area contributed by atoms with Crippen LogP contribution in [0.1, 0.15) is 53.4 Å². The van der Waals surface area contributed by atoms with E-state index in [-0.39, 0.29) is 28.6 Å². The average Bonchev–Trinajstić information content (AvgIpc) is 2.26. The highest BCUT2D eigenvalue weighted by molar-refractivity contribution is 7.91. The van der Waals surface area contributed by atoms with Crippen LogP contribution >= 0.6 is 0 Å². The third kappa shape index (κ3) is 4.38. The lowest BCUT2D eigenvalue weighted by Gasteiger charge is -2.37. The van der Waals surface area contributed by atoms with Crippen LogP contribution in [-0.2, 0) is 14.6 Å². The van der Waals surface area contributed by atoms with Crippen molar-refractivity contribution in [3.8, 4) is 0 Å². The van der Waals surface area contributed by atoms with Crippen LogP contribution in [0.5, 0.6) is 0 Å². The van der Waals surface area contributed by atoms with E-state index in [1.165, 1.54) is 0 Å². The number of carbonyl (C=O) groups is 1. The van der Waals surface area contributed by atoms with Gasteiger partial charge in [-0.2, -0.15) is 0 Å². The van der Waals surface area contributed by atoms with Crippen molar-refractivity contribution in [2.45, 2.75) is 53.4 Å². The van der Waals surface area contributed by atoms with Crippen LogP contribution < -0.4 is 0 Å². The van der Waals surface area contributed by atoms with Gasteiger partial charge in [0, 0.05) is 18.1 Å². The summed E-state index contributed by atoms with van der Waals surface area (Å²) in [6, 6.07) is 0. The first-order chi connectivity index (χ1) is 8.15. The monoisotopic (exact) mass is 274 g/mol. The van der Waals surface area contributed by atoms with Crippen LogP contribution in [0.4, 0.5) is 0 Å². The van der Waals surface area contributed by atoms with Gasteiger partial charge in [-0.15, -0.1) is 0 Å². The van der Waals surface area contributed by atoms with Crippen LogP contribution in [0.2, 0.25) is 0 Å². The fraction of sp³-hybridized carbons (Fsp3) is 0.929. The minimum Gasteiger partial charge on any atom is -0.299 e. The third-order valence-corrected chi connectivity index (χ3v) is 5.94. The number of hydrogen-bond donors (Lipinski definition) is 0. The highest BCUT2D eigenvalue weighted by Crippen LogP contribution is 2.39. The molecule has 2 unspecified atom stereocenters. The molecule has 0 aromatic heterocycles. The first-order valence-corrected chi connectivity index (χ1v) is 8.71. The van der Waals surface area contributed by atoms with Crippen LogP contribution in [0.15, 0.2) is 0 Å². The summed E-state index contributed by atoms with van der Waals surface area (Å²) in [6.45, 7) is 8.27. The van der Waals surface area contributed by atoms with E-state index in [9.17, 15) is 13.2 Å². The van der Waals surface area contributed by atoms with Crippen molar-refractivity contribution in [3.05, 3.63) is 0 Å². The van der Waals surface area contributed by atoms with Crippen molar-refractivity contribution >= 4 is 15.6 Å². The topological polar surface area (TPSA) is 51.2 Å². The summed E-state index contributed by atoms with van der Waals surface area (Å²) in [5.41, 5.74) is 0.211. The molecule has 3 nitrogen and oxygen atoms in total. The lowest BCUT2D eigenvalue weighted by Crippen LogP contribution is -2.33. The highest BCUT2D eigenvalue weighted by atomic mass is 32.2. The molecule has 0 amide bonds. The number of hydrogen-bond acceptors (Lipinski definition) is 3. The lowest BCUT2D eigenvalue weighted by atomic mass is 9.68. The standard InChI is InChI=1S/C14H26O3S/c1-5-18(16,17)9-8-11-10-12(14(2,3)4)6-7-13(11)15/h11-12H,5-10H2,1-4H3. The largest absolute Gasteiger partial charge is 0.299 e. The lowest BCUT2D eigenvalue weighted by molar-refractivity contribution is -0.126. The second-order valence-electron chi connectivity index (χ2n) is 6.53. The molecule has 1 rings (SSSR count). The SMILES string of the molecule is CCS(=O)(=O)CCC1CC(C(C)(C)C)CCC1=O. The predicted molar refractivity (Wildman–Crippen MR) is 74.2 cm³/mol. The summed E-state index contributed by atoms with van der Waals surface area (Å²) < 4.78 is 23.0. The molecule has 0 radical (unpaired) electrons. The van der Waals surface area contributed by atoms with Crippen molar-refractivity contribution < 1.29 is 13.2 Å². The molecule has 1 fully saturated rings. The molecule has 0 saturated heterocycles. The van der Waals surface area contributed by atoms with E-state index in [2.05, 4.69) is 20.8 Å². The maximum atomic E-state index is 11.9. The van der Waals surface area contributed by atoms with E-state index in [0.29, 0.717) is 18.8 Å². The quantitative estimate of drug-likeness (QED) is 0.792. The molecule has 0 aliphatic heterocycles. The van der Waals surface area contributed by atoms with Crippen molar-refractivity contribution in [2.24, 2.45) is 17.3 Å². The average molecular weight is 274 g/mol. The number of Topliss-reactive ketones (excluding diaryl/α,β-unsaturated/α-hetero) is 1. The molecular formula is C14H26O3S. The van der Waals surface area contributed by atoms with Gasteiger partial charge >= 0.3 is 0 Å². The van der Waals surface area contributed by atoms with Crippen LogP contribution in [0, 0.1) is 17.3 Å². The Morgan fingerprint density at radius 2 is 1.89 bits per heavy atom. The Morgan fingerprint density at radius 3 is 2.39 bits per heavy atom. The summed E-state index contributed by atoms with van der Waals surface area (Å²) >= 11 is 0. The Morgan fingerprint density at radius 1 is 1.28 bits per heavy atom. The van der Waals surface area contributed by atoms with Crippen LogP contribution in [-0.4, -0.2) is 25.7 Å². The van der Waals surface area contributed by atoms with Gasteiger partial charge in [0.15, 0.2) is 0 Å². The minimum absolute atomic E-state index is 0.0377. The zero-order chi connectivity index (χ0) is 14.0. The molecule has 0 aromatic carbocycles. The molecule has 0 spiro atoms. The van der Waals surface area contributed by atoms with Crippen LogP contribution in [0.3, 0.4) is 0 Å². The molecule has 0 aromatic rings. The fourth-order valence-electron chi connectivity index (χ4n) is 2.64. The van der Waals surface area contributed by atoms with Crippen LogP contribution in [0.25, 0.3) is 0 Å². The van der Waals surface area contributed by atoms with Crippen molar-refractivity contribution in [3.63, 3.8) is 0 Å². The van der Waals surface area contributed by atoms with Gasteiger partial charge in [-0.3, -0.25) is 4.79 Å². The van der Waals surface area contributed by atoms with Crippen molar-refractivity contribution in [1.29, 1.82) is 0 Å². The zero-order valence-electron chi connectivity index (χ0n) is 12.0. The molecule has 0 N–H and O–H groups in total. The molecule has 0 heterocycles. The smallest absolute Gasteiger partial charge is 0.150 e. The summed E-state index contributed by atoms with van der Waals surface area (Å²) in [6.07, 6.45) is 2.96. The van der Waals surface area contributed by atoms with E-state index >= 15 is 0 Å². The summed E-state index contributed by atoms with van der Waals surface area (Å²) in [5.74, 6) is 1.10. The van der Waals surface area contributed by atoms with Gasteiger partial charge < -0.3 is 0 Å². The Labute approximate surface area is 111 Å². The number of carbonyl (C=O) groups excluding carboxylic acids is 1. The van der Waals surface area contributed by atoms with Gasteiger partial charge in [0.1, 0.15) is 15.6 Å². The van der Waals surface area contributed by atoms with Gasteiger partial charge in [0.05, 0.1) is 5.75 Å². The molecule has 4 heteroatoms. The zero-order valence-corrected chi connectivity index (χ0v) is 12.8. The summed E-state index contributed by atoms with van der Waals surface area (Å²) in [5, 5.41) is 0.